The first-order chi connectivity index (χ1) is 12.2. The number of halogens is 3. The first-order valence-electron chi connectivity index (χ1n) is 7.24. The van der Waals surface area contributed by atoms with Crippen molar-refractivity contribution in [2.45, 2.75) is 6.36 Å². The number of para-hydroxylation sites is 2. The molecule has 0 radical (unpaired) electrons. The molecule has 1 aromatic heterocycles. The number of likely N-dealkylation sites (N-methyl/N-ethyl adjacent to an activating group) is 1. The van der Waals surface area contributed by atoms with Crippen molar-refractivity contribution in [2.75, 3.05) is 18.9 Å². The van der Waals surface area contributed by atoms with E-state index in [1.54, 1.807) is 0 Å². The van der Waals surface area contributed by atoms with Gasteiger partial charge in [-0.05, 0) is 18.2 Å². The molecular weight excluding hydrogens is 355 g/mol. The number of amides is 2. The van der Waals surface area contributed by atoms with Crippen LogP contribution in [0.15, 0.2) is 47.4 Å². The van der Waals surface area contributed by atoms with E-state index in [0.717, 1.165) is 17.0 Å². The standard InChI is InChI=1S/C16H14F3N3O4/c1-22(15(25)10-6-7-13(23)20-8-10)9-14(24)21-11-4-2-3-5-12(11)26-16(17,18)19/h2-8H,9H2,1H3,(H,20,23)(H,21,24). The van der Waals surface area contributed by atoms with Gasteiger partial charge in [-0.1, -0.05) is 12.1 Å². The summed E-state index contributed by atoms with van der Waals surface area (Å²) in [6.07, 6.45) is -3.71. The summed E-state index contributed by atoms with van der Waals surface area (Å²) in [6, 6.07) is 7.49. The normalized spacial score (nSPS) is 10.9. The van der Waals surface area contributed by atoms with E-state index >= 15 is 0 Å². The zero-order valence-corrected chi connectivity index (χ0v) is 13.5. The second kappa shape index (κ2) is 7.72. The van der Waals surface area contributed by atoms with Gasteiger partial charge in [-0.2, -0.15) is 0 Å². The molecular formula is C16H14F3N3O4. The van der Waals surface area contributed by atoms with Gasteiger partial charge in [0, 0.05) is 19.3 Å². The number of hydrogen-bond acceptors (Lipinski definition) is 4. The number of pyridine rings is 1. The molecule has 0 saturated heterocycles. The summed E-state index contributed by atoms with van der Waals surface area (Å²) in [5.74, 6) is -1.83. The highest BCUT2D eigenvalue weighted by atomic mass is 19.4. The number of nitrogens with one attached hydrogen (secondary N) is 2. The lowest BCUT2D eigenvalue weighted by molar-refractivity contribution is -0.274. The van der Waals surface area contributed by atoms with Crippen LogP contribution in [0.25, 0.3) is 0 Å². The second-order valence-corrected chi connectivity index (χ2v) is 5.19. The number of nitrogens with zero attached hydrogens (tertiary/aromatic N) is 1. The zero-order valence-electron chi connectivity index (χ0n) is 13.5. The van der Waals surface area contributed by atoms with Gasteiger partial charge >= 0.3 is 6.36 Å². The summed E-state index contributed by atoms with van der Waals surface area (Å²) >= 11 is 0. The minimum atomic E-state index is -4.90. The average Bonchev–Trinajstić information content (AvgIpc) is 2.55. The molecule has 138 valence electrons. The van der Waals surface area contributed by atoms with Crippen molar-refractivity contribution in [3.05, 3.63) is 58.5 Å². The lowest BCUT2D eigenvalue weighted by atomic mass is 10.2. The van der Waals surface area contributed by atoms with Crippen molar-refractivity contribution >= 4 is 17.5 Å². The van der Waals surface area contributed by atoms with Crippen molar-refractivity contribution in [3.8, 4) is 5.75 Å². The molecule has 0 spiro atoms. The van der Waals surface area contributed by atoms with Crippen molar-refractivity contribution < 1.29 is 27.5 Å². The summed E-state index contributed by atoms with van der Waals surface area (Å²) in [7, 11) is 1.34. The molecule has 0 bridgehead atoms. The number of H-pyrrole nitrogens is 1. The Morgan fingerprint density at radius 3 is 2.50 bits per heavy atom. The Morgan fingerprint density at radius 2 is 1.88 bits per heavy atom. The predicted octanol–water partition coefficient (Wildman–Crippen LogP) is 1.98. The number of benzene rings is 1. The van der Waals surface area contributed by atoms with Crippen LogP contribution in [0.5, 0.6) is 5.75 Å². The minimum absolute atomic E-state index is 0.153. The second-order valence-electron chi connectivity index (χ2n) is 5.19. The zero-order chi connectivity index (χ0) is 19.3. The third-order valence-corrected chi connectivity index (χ3v) is 3.15. The van der Waals surface area contributed by atoms with E-state index in [1.807, 2.05) is 0 Å². The quantitative estimate of drug-likeness (QED) is 0.843. The van der Waals surface area contributed by atoms with Crippen LogP contribution in [0.2, 0.25) is 0 Å². The number of aromatic amines is 1. The van der Waals surface area contributed by atoms with Gasteiger partial charge in [-0.3, -0.25) is 14.4 Å². The van der Waals surface area contributed by atoms with E-state index in [2.05, 4.69) is 15.0 Å². The van der Waals surface area contributed by atoms with Crippen LogP contribution in [0.4, 0.5) is 18.9 Å². The van der Waals surface area contributed by atoms with E-state index in [4.69, 9.17) is 0 Å². The molecule has 7 nitrogen and oxygen atoms in total. The minimum Gasteiger partial charge on any atom is -0.404 e. The molecule has 2 amide bonds. The third kappa shape index (κ3) is 5.36. The molecule has 2 aromatic rings. The summed E-state index contributed by atoms with van der Waals surface area (Å²) in [4.78, 5) is 38.6. The largest absolute Gasteiger partial charge is 0.573 e. The first-order valence-corrected chi connectivity index (χ1v) is 7.24. The highest BCUT2D eigenvalue weighted by molar-refractivity contribution is 5.99. The molecule has 2 rings (SSSR count). The molecule has 10 heteroatoms. The van der Waals surface area contributed by atoms with Gasteiger partial charge in [-0.25, -0.2) is 0 Å². The van der Waals surface area contributed by atoms with E-state index in [1.165, 1.54) is 37.5 Å². The molecule has 1 aromatic carbocycles. The Kier molecular flexibility index (Phi) is 5.65. The number of anilines is 1. The highest BCUT2D eigenvalue weighted by Gasteiger charge is 2.32. The van der Waals surface area contributed by atoms with E-state index in [0.29, 0.717) is 0 Å². The van der Waals surface area contributed by atoms with Gasteiger partial charge in [0.15, 0.2) is 5.75 Å². The van der Waals surface area contributed by atoms with Crippen molar-refractivity contribution in [1.82, 2.24) is 9.88 Å². The lowest BCUT2D eigenvalue weighted by Gasteiger charge is -2.18. The maximum Gasteiger partial charge on any atom is 0.573 e. The summed E-state index contributed by atoms with van der Waals surface area (Å²) < 4.78 is 41.0. The molecule has 0 unspecified atom stereocenters. The molecule has 0 aliphatic carbocycles. The molecule has 2 N–H and O–H groups in total. The molecule has 0 saturated carbocycles. The van der Waals surface area contributed by atoms with Crippen LogP contribution in [0.1, 0.15) is 10.4 Å². The molecule has 0 fully saturated rings. The van der Waals surface area contributed by atoms with Gasteiger partial charge in [-0.15, -0.1) is 13.2 Å². The average molecular weight is 369 g/mol. The molecule has 0 atom stereocenters. The Hall–Kier alpha value is -3.30. The summed E-state index contributed by atoms with van der Waals surface area (Å²) in [6.45, 7) is -0.418. The maximum absolute atomic E-state index is 12.4. The number of rotatable bonds is 5. The SMILES string of the molecule is CN(CC(=O)Nc1ccccc1OC(F)(F)F)C(=O)c1ccc(=O)[nH]c1. The van der Waals surface area contributed by atoms with Gasteiger partial charge in [0.25, 0.3) is 5.91 Å². The fourth-order valence-electron chi connectivity index (χ4n) is 2.02. The highest BCUT2D eigenvalue weighted by Crippen LogP contribution is 2.29. The van der Waals surface area contributed by atoms with Gasteiger partial charge in [0.05, 0.1) is 17.8 Å². The van der Waals surface area contributed by atoms with Crippen LogP contribution in [0.3, 0.4) is 0 Å². The Bertz CT molecular complexity index is 844. The van der Waals surface area contributed by atoms with Crippen LogP contribution in [0, 0.1) is 0 Å². The van der Waals surface area contributed by atoms with Crippen LogP contribution in [-0.2, 0) is 4.79 Å². The van der Waals surface area contributed by atoms with E-state index in [9.17, 15) is 27.6 Å². The van der Waals surface area contributed by atoms with Gasteiger partial charge < -0.3 is 19.9 Å². The number of carbonyl (C=O) groups excluding carboxylic acids is 2. The molecule has 26 heavy (non-hydrogen) atoms. The topological polar surface area (TPSA) is 91.5 Å². The maximum atomic E-state index is 12.4. The molecule has 0 aliphatic heterocycles. The number of hydrogen-bond donors (Lipinski definition) is 2. The summed E-state index contributed by atoms with van der Waals surface area (Å²) in [5.41, 5.74) is -0.413. The predicted molar refractivity (Wildman–Crippen MR) is 85.8 cm³/mol. The number of aromatic nitrogens is 1. The van der Waals surface area contributed by atoms with Crippen molar-refractivity contribution in [3.63, 3.8) is 0 Å². The Morgan fingerprint density at radius 1 is 1.19 bits per heavy atom. The van der Waals surface area contributed by atoms with Crippen molar-refractivity contribution in [1.29, 1.82) is 0 Å². The van der Waals surface area contributed by atoms with Gasteiger partial charge in [0.2, 0.25) is 11.5 Å². The number of carbonyl (C=O) groups is 2. The summed E-state index contributed by atoms with van der Waals surface area (Å²) in [5, 5.41) is 2.26. The van der Waals surface area contributed by atoms with E-state index < -0.39 is 30.5 Å². The molecule has 0 aliphatic rings. The molecule has 1 heterocycles. The van der Waals surface area contributed by atoms with Crippen LogP contribution < -0.4 is 15.6 Å². The van der Waals surface area contributed by atoms with Crippen LogP contribution in [-0.4, -0.2) is 41.7 Å². The smallest absolute Gasteiger partial charge is 0.404 e. The van der Waals surface area contributed by atoms with Crippen LogP contribution >= 0.6 is 0 Å². The third-order valence-electron chi connectivity index (χ3n) is 3.15. The monoisotopic (exact) mass is 369 g/mol. The fraction of sp³-hybridized carbons (Fsp3) is 0.188. The number of alkyl halides is 3. The number of ether oxygens (including phenoxy) is 1. The van der Waals surface area contributed by atoms with Crippen molar-refractivity contribution in [2.24, 2.45) is 0 Å². The fourth-order valence-corrected chi connectivity index (χ4v) is 2.02. The first kappa shape index (κ1) is 19.0. The Balaban J connectivity index is 2.03. The van der Waals surface area contributed by atoms with Gasteiger partial charge in [0.1, 0.15) is 0 Å². The van der Waals surface area contributed by atoms with E-state index in [-0.39, 0.29) is 16.8 Å². The lowest BCUT2D eigenvalue weighted by Crippen LogP contribution is -2.35. The Labute approximate surface area is 145 Å².